The number of rotatable bonds is 5. The molecule has 2 aromatic heterocycles. The van der Waals surface area contributed by atoms with Crippen LogP contribution in [0.4, 0.5) is 15.8 Å². The number of halogens is 1. The number of carbonyl (C=O) groups excluding carboxylic acids is 1. The number of aryl methyl sites for hydroxylation is 1. The van der Waals surface area contributed by atoms with Gasteiger partial charge in [0, 0.05) is 24.7 Å². The van der Waals surface area contributed by atoms with Gasteiger partial charge in [-0.25, -0.2) is 9.37 Å². The van der Waals surface area contributed by atoms with E-state index in [4.69, 9.17) is 4.52 Å². The van der Waals surface area contributed by atoms with Crippen LogP contribution < -0.4 is 10.2 Å². The van der Waals surface area contributed by atoms with Crippen molar-refractivity contribution in [3.63, 3.8) is 0 Å². The fraction of sp³-hybridized carbons (Fsp3) is 0.250. The minimum absolute atomic E-state index is 0.152. The zero-order valence-corrected chi connectivity index (χ0v) is 18.1. The maximum Gasteiger partial charge on any atom is 0.247 e. The third-order valence-corrected chi connectivity index (χ3v) is 5.81. The number of benzene rings is 2. The summed E-state index contributed by atoms with van der Waals surface area (Å²) in [5.41, 5.74) is 3.50. The topological polar surface area (TPSA) is 99.9 Å². The first-order valence-electron chi connectivity index (χ1n) is 10.8. The van der Waals surface area contributed by atoms with Crippen LogP contribution in [-0.4, -0.2) is 38.6 Å². The van der Waals surface area contributed by atoms with Gasteiger partial charge in [-0.05, 0) is 55.2 Å². The summed E-state index contributed by atoms with van der Waals surface area (Å²) < 4.78 is 20.1. The van der Waals surface area contributed by atoms with Gasteiger partial charge in [0.15, 0.2) is 0 Å². The van der Waals surface area contributed by atoms with E-state index >= 15 is 4.39 Å². The summed E-state index contributed by atoms with van der Waals surface area (Å²) in [7, 11) is 0. The number of piperidine rings is 1. The predicted octanol–water partition coefficient (Wildman–Crippen LogP) is 4.57. The van der Waals surface area contributed by atoms with Gasteiger partial charge < -0.3 is 19.7 Å². The molecule has 2 aromatic carbocycles. The van der Waals surface area contributed by atoms with Crippen LogP contribution in [0.15, 0.2) is 59.5 Å². The standard InChI is InChI=1S/C24H23FN6O2/c1-15-28-23(30-33-15)17-7-10-21(19(25)12-17)31-11-3-2-4-22(31)24(32)29-18-8-5-16(6-9-18)20-13-26-14-27-20/h5-10,12-14,22H,2-4,11H2,1H3,(H,26,27)(H,29,32). The molecule has 0 saturated carbocycles. The summed E-state index contributed by atoms with van der Waals surface area (Å²) in [5.74, 6) is 0.184. The Morgan fingerprint density at radius 2 is 2.00 bits per heavy atom. The van der Waals surface area contributed by atoms with E-state index in [2.05, 4.69) is 25.4 Å². The molecule has 3 heterocycles. The second kappa shape index (κ2) is 8.85. The van der Waals surface area contributed by atoms with Gasteiger partial charge in [0.05, 0.1) is 23.9 Å². The van der Waals surface area contributed by atoms with Gasteiger partial charge in [-0.2, -0.15) is 4.98 Å². The molecule has 33 heavy (non-hydrogen) atoms. The largest absolute Gasteiger partial charge is 0.357 e. The lowest BCUT2D eigenvalue weighted by Gasteiger charge is -2.36. The number of aromatic nitrogens is 4. The molecule has 1 saturated heterocycles. The molecule has 9 heteroatoms. The van der Waals surface area contributed by atoms with Crippen molar-refractivity contribution in [2.75, 3.05) is 16.8 Å². The van der Waals surface area contributed by atoms with Crippen LogP contribution in [0.2, 0.25) is 0 Å². The number of hydrogen-bond acceptors (Lipinski definition) is 6. The van der Waals surface area contributed by atoms with Gasteiger partial charge in [0.25, 0.3) is 0 Å². The lowest BCUT2D eigenvalue weighted by Crippen LogP contribution is -2.47. The van der Waals surface area contributed by atoms with Crippen molar-refractivity contribution < 1.29 is 13.7 Å². The number of H-pyrrole nitrogens is 1. The van der Waals surface area contributed by atoms with Crippen molar-refractivity contribution in [2.45, 2.75) is 32.2 Å². The molecule has 0 spiro atoms. The number of aromatic amines is 1. The molecule has 8 nitrogen and oxygen atoms in total. The number of imidazole rings is 1. The van der Waals surface area contributed by atoms with Crippen LogP contribution in [0.3, 0.4) is 0 Å². The van der Waals surface area contributed by atoms with E-state index in [9.17, 15) is 4.79 Å². The van der Waals surface area contributed by atoms with Crippen LogP contribution in [0.5, 0.6) is 0 Å². The molecule has 4 aromatic rings. The Bertz CT molecular complexity index is 1250. The summed E-state index contributed by atoms with van der Waals surface area (Å²) in [4.78, 5) is 26.2. The highest BCUT2D eigenvalue weighted by atomic mass is 19.1. The minimum Gasteiger partial charge on any atom is -0.357 e. The van der Waals surface area contributed by atoms with Crippen LogP contribution in [0.1, 0.15) is 25.2 Å². The zero-order chi connectivity index (χ0) is 22.8. The third kappa shape index (κ3) is 4.34. The van der Waals surface area contributed by atoms with Crippen molar-refractivity contribution in [2.24, 2.45) is 0 Å². The molecule has 1 amide bonds. The van der Waals surface area contributed by atoms with Crippen LogP contribution in [-0.2, 0) is 4.79 Å². The summed E-state index contributed by atoms with van der Waals surface area (Å²) in [6, 6.07) is 11.9. The first-order valence-corrected chi connectivity index (χ1v) is 10.8. The molecule has 1 unspecified atom stereocenters. The lowest BCUT2D eigenvalue weighted by atomic mass is 9.99. The van der Waals surface area contributed by atoms with E-state index in [0.717, 1.165) is 24.1 Å². The Morgan fingerprint density at radius 3 is 2.70 bits per heavy atom. The monoisotopic (exact) mass is 446 g/mol. The van der Waals surface area contributed by atoms with Gasteiger partial charge in [-0.3, -0.25) is 4.79 Å². The first-order chi connectivity index (χ1) is 16.1. The molecular weight excluding hydrogens is 423 g/mol. The fourth-order valence-corrected chi connectivity index (χ4v) is 4.16. The third-order valence-electron chi connectivity index (χ3n) is 5.81. The number of hydrogen-bond donors (Lipinski definition) is 2. The quantitative estimate of drug-likeness (QED) is 0.466. The molecule has 2 N–H and O–H groups in total. The minimum atomic E-state index is -0.459. The number of nitrogens with zero attached hydrogens (tertiary/aromatic N) is 4. The molecule has 0 aliphatic carbocycles. The Kier molecular flexibility index (Phi) is 5.60. The Hall–Kier alpha value is -4.01. The van der Waals surface area contributed by atoms with E-state index in [1.54, 1.807) is 31.6 Å². The highest BCUT2D eigenvalue weighted by molar-refractivity contribution is 5.97. The summed E-state index contributed by atoms with van der Waals surface area (Å²) >= 11 is 0. The Balaban J connectivity index is 1.33. The van der Waals surface area contributed by atoms with Crippen molar-refractivity contribution in [3.8, 4) is 22.6 Å². The Morgan fingerprint density at radius 1 is 1.18 bits per heavy atom. The summed E-state index contributed by atoms with van der Waals surface area (Å²) in [5, 5.41) is 6.83. The molecule has 1 aliphatic heterocycles. The van der Waals surface area contributed by atoms with Crippen molar-refractivity contribution in [1.82, 2.24) is 20.1 Å². The smallest absolute Gasteiger partial charge is 0.247 e. The van der Waals surface area contributed by atoms with Crippen LogP contribution in [0, 0.1) is 12.7 Å². The van der Waals surface area contributed by atoms with Crippen LogP contribution >= 0.6 is 0 Å². The average molecular weight is 446 g/mol. The van der Waals surface area contributed by atoms with E-state index < -0.39 is 11.9 Å². The molecule has 168 valence electrons. The second-order valence-corrected chi connectivity index (χ2v) is 8.04. The molecule has 5 rings (SSSR count). The molecular formula is C24H23FN6O2. The van der Waals surface area contributed by atoms with E-state index in [1.165, 1.54) is 6.07 Å². The molecule has 1 fully saturated rings. The van der Waals surface area contributed by atoms with E-state index in [0.29, 0.717) is 41.6 Å². The highest BCUT2D eigenvalue weighted by Crippen LogP contribution is 2.31. The molecule has 0 bridgehead atoms. The fourth-order valence-electron chi connectivity index (χ4n) is 4.16. The summed E-state index contributed by atoms with van der Waals surface area (Å²) in [6.45, 7) is 2.29. The van der Waals surface area contributed by atoms with Crippen molar-refractivity contribution in [3.05, 3.63) is 66.7 Å². The van der Waals surface area contributed by atoms with Crippen LogP contribution in [0.25, 0.3) is 22.6 Å². The molecule has 0 radical (unpaired) electrons. The van der Waals surface area contributed by atoms with Gasteiger partial charge in [0.1, 0.15) is 11.9 Å². The highest BCUT2D eigenvalue weighted by Gasteiger charge is 2.30. The number of carbonyl (C=O) groups is 1. The SMILES string of the molecule is Cc1nc(-c2ccc(N3CCCCC3C(=O)Nc3ccc(-c4cnc[nH]4)cc3)c(F)c2)no1. The second-order valence-electron chi connectivity index (χ2n) is 8.04. The van der Waals surface area contributed by atoms with E-state index in [-0.39, 0.29) is 5.91 Å². The van der Waals surface area contributed by atoms with Gasteiger partial charge in [-0.15, -0.1) is 0 Å². The van der Waals surface area contributed by atoms with Crippen molar-refractivity contribution >= 4 is 17.3 Å². The Labute approximate surface area is 189 Å². The normalized spacial score (nSPS) is 16.1. The number of nitrogens with one attached hydrogen (secondary N) is 2. The number of amides is 1. The van der Waals surface area contributed by atoms with E-state index in [1.807, 2.05) is 29.2 Å². The zero-order valence-electron chi connectivity index (χ0n) is 18.1. The maximum absolute atomic E-state index is 15.1. The van der Waals surface area contributed by atoms with Crippen molar-refractivity contribution in [1.29, 1.82) is 0 Å². The van der Waals surface area contributed by atoms with Gasteiger partial charge >= 0.3 is 0 Å². The van der Waals surface area contributed by atoms with Gasteiger partial charge in [0.2, 0.25) is 17.6 Å². The van der Waals surface area contributed by atoms with Gasteiger partial charge in [-0.1, -0.05) is 17.3 Å². The first kappa shape index (κ1) is 20.9. The molecule has 1 aliphatic rings. The molecule has 1 atom stereocenters. The predicted molar refractivity (Wildman–Crippen MR) is 122 cm³/mol. The lowest BCUT2D eigenvalue weighted by molar-refractivity contribution is -0.117. The number of anilines is 2. The average Bonchev–Trinajstić information content (AvgIpc) is 3.52. The summed E-state index contributed by atoms with van der Waals surface area (Å²) in [6.07, 6.45) is 5.83. The maximum atomic E-state index is 15.1.